The quantitative estimate of drug-likeness (QED) is 0.403. The van der Waals surface area contributed by atoms with Gasteiger partial charge in [-0.15, -0.1) is 0 Å². The summed E-state index contributed by atoms with van der Waals surface area (Å²) in [6.45, 7) is 5.09. The van der Waals surface area contributed by atoms with E-state index < -0.39 is 15.8 Å². The lowest BCUT2D eigenvalue weighted by Gasteiger charge is -2.25. The smallest absolute Gasteiger partial charge is 0.213 e. The molecule has 1 aromatic rings. The Labute approximate surface area is 167 Å². The Morgan fingerprint density at radius 2 is 2.14 bits per heavy atom. The lowest BCUT2D eigenvalue weighted by atomic mass is 9.86. The molecule has 0 radical (unpaired) electrons. The molecule has 9 heteroatoms. The number of nitrogens with zero attached hydrogens (tertiary/aromatic N) is 1. The van der Waals surface area contributed by atoms with E-state index in [1.807, 2.05) is 13.8 Å². The van der Waals surface area contributed by atoms with Crippen LogP contribution in [0.2, 0.25) is 0 Å². The van der Waals surface area contributed by atoms with Crippen LogP contribution in [0.3, 0.4) is 0 Å². The second-order valence-corrected chi connectivity index (χ2v) is 8.91. The molecule has 0 aliphatic heterocycles. The first-order valence-corrected chi connectivity index (χ1v) is 11.4. The van der Waals surface area contributed by atoms with E-state index in [1.54, 1.807) is 12.1 Å². The van der Waals surface area contributed by atoms with Gasteiger partial charge in [-0.1, -0.05) is 12.5 Å². The van der Waals surface area contributed by atoms with Crippen molar-refractivity contribution in [3.05, 3.63) is 29.6 Å². The average molecular weight is 415 g/mol. The molecule has 1 atom stereocenters. The number of ether oxygens (including phenoxy) is 1. The fourth-order valence-electron chi connectivity index (χ4n) is 2.85. The first-order valence-electron chi connectivity index (χ1n) is 9.70. The number of nitrogens with one attached hydrogen (secondary N) is 3. The van der Waals surface area contributed by atoms with Crippen molar-refractivity contribution in [1.82, 2.24) is 15.4 Å². The van der Waals surface area contributed by atoms with Crippen LogP contribution in [-0.4, -0.2) is 46.9 Å². The minimum Gasteiger partial charge on any atom is -0.494 e. The summed E-state index contributed by atoms with van der Waals surface area (Å²) in [7, 11) is -1.91. The number of methoxy groups -OCH3 is 1. The molecule has 7 nitrogen and oxygen atoms in total. The summed E-state index contributed by atoms with van der Waals surface area (Å²) < 4.78 is 45.7. The Hall–Kier alpha value is -1.87. The van der Waals surface area contributed by atoms with Crippen LogP contribution in [0.15, 0.2) is 23.2 Å². The first-order chi connectivity index (χ1) is 13.3. The third-order valence-corrected chi connectivity index (χ3v) is 6.15. The fraction of sp³-hybridized carbons (Fsp3) is 0.632. The maximum absolute atomic E-state index is 13.9. The average Bonchev–Trinajstić information content (AvgIpc) is 2.60. The molecule has 158 valence electrons. The van der Waals surface area contributed by atoms with Gasteiger partial charge in [0, 0.05) is 13.1 Å². The second kappa shape index (κ2) is 10.6. The fourth-order valence-corrected chi connectivity index (χ4v) is 3.82. The summed E-state index contributed by atoms with van der Waals surface area (Å²) in [5.41, 5.74) is 0.735. The maximum atomic E-state index is 13.9. The van der Waals surface area contributed by atoms with Crippen molar-refractivity contribution in [2.45, 2.75) is 39.2 Å². The molecule has 0 bridgehead atoms. The van der Waals surface area contributed by atoms with Gasteiger partial charge in [-0.05, 0) is 50.3 Å². The number of guanidine groups is 1. The Morgan fingerprint density at radius 1 is 1.39 bits per heavy atom. The van der Waals surface area contributed by atoms with Crippen molar-refractivity contribution < 1.29 is 17.5 Å². The van der Waals surface area contributed by atoms with Gasteiger partial charge in [0.15, 0.2) is 17.5 Å². The molecular weight excluding hydrogens is 383 g/mol. The summed E-state index contributed by atoms with van der Waals surface area (Å²) in [5, 5.41) is 6.25. The van der Waals surface area contributed by atoms with Crippen molar-refractivity contribution >= 4 is 16.0 Å². The normalized spacial score (nSPS) is 16.4. The zero-order chi connectivity index (χ0) is 20.6. The standard InChI is InChI=1S/C19H31FN4O3S/c1-4-21-19(22-10-11-28(25,26)23-13-15-6-5-7-15)24-14(2)16-8-9-18(27-3)17(20)12-16/h8-9,12,14-15,23H,4-7,10-11,13H2,1-3H3,(H2,21,22,24). The molecule has 2 rings (SSSR count). The zero-order valence-corrected chi connectivity index (χ0v) is 17.6. The van der Waals surface area contributed by atoms with Gasteiger partial charge in [0.1, 0.15) is 0 Å². The second-order valence-electron chi connectivity index (χ2n) is 6.98. The van der Waals surface area contributed by atoms with Crippen LogP contribution < -0.4 is 20.1 Å². The highest BCUT2D eigenvalue weighted by atomic mass is 32.2. The summed E-state index contributed by atoms with van der Waals surface area (Å²) in [4.78, 5) is 4.34. The summed E-state index contributed by atoms with van der Waals surface area (Å²) >= 11 is 0. The van der Waals surface area contributed by atoms with Crippen molar-refractivity contribution in [2.24, 2.45) is 10.9 Å². The van der Waals surface area contributed by atoms with Crippen molar-refractivity contribution in [3.63, 3.8) is 0 Å². The summed E-state index contributed by atoms with van der Waals surface area (Å²) in [5.74, 6) is 0.653. The van der Waals surface area contributed by atoms with Gasteiger partial charge in [0.05, 0.1) is 25.4 Å². The van der Waals surface area contributed by atoms with Crippen LogP contribution in [0.5, 0.6) is 5.75 Å². The molecule has 28 heavy (non-hydrogen) atoms. The Balaban J connectivity index is 1.90. The Bertz CT molecular complexity index is 766. The topological polar surface area (TPSA) is 91.8 Å². The minimum atomic E-state index is -3.33. The van der Waals surface area contributed by atoms with Crippen molar-refractivity contribution in [3.8, 4) is 5.75 Å². The maximum Gasteiger partial charge on any atom is 0.213 e. The predicted molar refractivity (Wildman–Crippen MR) is 110 cm³/mol. The molecule has 0 heterocycles. The van der Waals surface area contributed by atoms with Crippen LogP contribution in [-0.2, 0) is 10.0 Å². The molecule has 3 N–H and O–H groups in total. The summed E-state index contributed by atoms with van der Waals surface area (Å²) in [6.07, 6.45) is 3.38. The van der Waals surface area contributed by atoms with Gasteiger partial charge >= 0.3 is 0 Å². The van der Waals surface area contributed by atoms with Gasteiger partial charge in [0.2, 0.25) is 10.0 Å². The largest absolute Gasteiger partial charge is 0.494 e. The van der Waals surface area contributed by atoms with E-state index in [4.69, 9.17) is 4.74 Å². The molecule has 1 saturated carbocycles. The molecule has 0 spiro atoms. The number of aliphatic imine (C=N–C) groups is 1. The van der Waals surface area contributed by atoms with E-state index in [-0.39, 0.29) is 24.1 Å². The molecule has 1 aliphatic rings. The molecule has 0 aromatic heterocycles. The van der Waals surface area contributed by atoms with Gasteiger partial charge in [-0.25, -0.2) is 17.5 Å². The first kappa shape index (κ1) is 22.4. The lowest BCUT2D eigenvalue weighted by Crippen LogP contribution is -2.39. The van der Waals surface area contributed by atoms with Crippen LogP contribution >= 0.6 is 0 Å². The van der Waals surface area contributed by atoms with Crippen LogP contribution in [0.25, 0.3) is 0 Å². The van der Waals surface area contributed by atoms with Crippen molar-refractivity contribution in [1.29, 1.82) is 0 Å². The molecule has 1 unspecified atom stereocenters. The van der Waals surface area contributed by atoms with Crippen LogP contribution in [0.1, 0.15) is 44.7 Å². The van der Waals surface area contributed by atoms with E-state index in [0.717, 1.165) is 18.4 Å². The van der Waals surface area contributed by atoms with Gasteiger partial charge < -0.3 is 15.4 Å². The third kappa shape index (κ3) is 6.94. The molecule has 1 aromatic carbocycles. The number of rotatable bonds is 10. The highest BCUT2D eigenvalue weighted by Gasteiger charge is 2.20. The SMILES string of the molecule is CCNC(=NCCS(=O)(=O)NCC1CCC1)NC(C)c1ccc(OC)c(F)c1. The molecule has 0 saturated heterocycles. The van der Waals surface area contributed by atoms with E-state index >= 15 is 0 Å². The predicted octanol–water partition coefficient (Wildman–Crippen LogP) is 2.17. The number of hydrogen-bond acceptors (Lipinski definition) is 4. The number of sulfonamides is 1. The molecule has 1 fully saturated rings. The zero-order valence-electron chi connectivity index (χ0n) is 16.8. The molecular formula is C19H31FN4O3S. The highest BCUT2D eigenvalue weighted by Crippen LogP contribution is 2.25. The van der Waals surface area contributed by atoms with Gasteiger partial charge in [0.25, 0.3) is 0 Å². The van der Waals surface area contributed by atoms with Crippen molar-refractivity contribution in [2.75, 3.05) is 32.5 Å². The van der Waals surface area contributed by atoms with Gasteiger partial charge in [-0.2, -0.15) is 0 Å². The van der Waals surface area contributed by atoms with Crippen LogP contribution in [0.4, 0.5) is 4.39 Å². The lowest BCUT2D eigenvalue weighted by molar-refractivity contribution is 0.316. The summed E-state index contributed by atoms with van der Waals surface area (Å²) in [6, 6.07) is 4.55. The number of halogens is 1. The van der Waals surface area contributed by atoms with E-state index in [2.05, 4.69) is 20.3 Å². The monoisotopic (exact) mass is 414 g/mol. The molecule has 1 aliphatic carbocycles. The highest BCUT2D eigenvalue weighted by molar-refractivity contribution is 7.89. The molecule has 0 amide bonds. The van der Waals surface area contributed by atoms with Gasteiger partial charge in [-0.3, -0.25) is 4.99 Å². The Kier molecular flexibility index (Phi) is 8.50. The number of benzene rings is 1. The van der Waals surface area contributed by atoms with E-state index in [1.165, 1.54) is 19.6 Å². The minimum absolute atomic E-state index is 0.0676. The van der Waals surface area contributed by atoms with E-state index in [9.17, 15) is 12.8 Å². The van der Waals surface area contributed by atoms with Crippen LogP contribution in [0, 0.1) is 11.7 Å². The van der Waals surface area contributed by atoms with E-state index in [0.29, 0.717) is 25.0 Å². The number of hydrogen-bond donors (Lipinski definition) is 3. The third-order valence-electron chi connectivity index (χ3n) is 4.82. The Morgan fingerprint density at radius 3 is 2.71 bits per heavy atom.